The van der Waals surface area contributed by atoms with E-state index in [2.05, 4.69) is 15.5 Å². The Labute approximate surface area is 128 Å². The number of hydrogen-bond donors (Lipinski definition) is 1. The summed E-state index contributed by atoms with van der Waals surface area (Å²) < 4.78 is 18.7. The van der Waals surface area contributed by atoms with Crippen molar-refractivity contribution >= 4 is 5.91 Å². The Morgan fingerprint density at radius 1 is 1.32 bits per heavy atom. The molecule has 1 heterocycles. The van der Waals surface area contributed by atoms with E-state index >= 15 is 0 Å². The normalized spacial score (nSPS) is 10.9. The Morgan fingerprint density at radius 2 is 2.05 bits per heavy atom. The summed E-state index contributed by atoms with van der Waals surface area (Å²) in [5, 5.41) is 6.63. The van der Waals surface area contributed by atoms with Crippen LogP contribution in [-0.4, -0.2) is 22.6 Å². The van der Waals surface area contributed by atoms with E-state index in [0.717, 1.165) is 12.8 Å². The first-order valence-corrected chi connectivity index (χ1v) is 7.50. The van der Waals surface area contributed by atoms with Crippen LogP contribution in [0.2, 0.25) is 0 Å². The third kappa shape index (κ3) is 3.90. The van der Waals surface area contributed by atoms with Gasteiger partial charge in [-0.2, -0.15) is 4.98 Å². The molecule has 118 valence electrons. The van der Waals surface area contributed by atoms with Gasteiger partial charge in [0.2, 0.25) is 17.6 Å². The third-order valence-corrected chi connectivity index (χ3v) is 3.58. The summed E-state index contributed by atoms with van der Waals surface area (Å²) in [5.41, 5.74) is 0.304. The lowest BCUT2D eigenvalue weighted by atomic mass is 10.0. The minimum atomic E-state index is -0.392. The van der Waals surface area contributed by atoms with Crippen molar-refractivity contribution in [1.29, 1.82) is 0 Å². The number of halogens is 1. The van der Waals surface area contributed by atoms with Gasteiger partial charge in [-0.15, -0.1) is 0 Å². The van der Waals surface area contributed by atoms with Crippen molar-refractivity contribution in [2.45, 2.75) is 33.1 Å². The van der Waals surface area contributed by atoms with Gasteiger partial charge in [0.1, 0.15) is 5.82 Å². The highest BCUT2D eigenvalue weighted by molar-refractivity contribution is 5.78. The molecule has 0 spiro atoms. The monoisotopic (exact) mass is 305 g/mol. The number of aromatic nitrogens is 2. The van der Waals surface area contributed by atoms with Crippen LogP contribution in [0.25, 0.3) is 11.4 Å². The number of nitrogens with one attached hydrogen (secondary N) is 1. The van der Waals surface area contributed by atoms with E-state index in [9.17, 15) is 9.18 Å². The largest absolute Gasteiger partial charge is 0.355 e. The van der Waals surface area contributed by atoms with Crippen molar-refractivity contribution in [3.8, 4) is 11.4 Å². The van der Waals surface area contributed by atoms with Crippen molar-refractivity contribution in [1.82, 2.24) is 15.5 Å². The van der Waals surface area contributed by atoms with Crippen LogP contribution in [0.5, 0.6) is 0 Å². The fourth-order valence-electron chi connectivity index (χ4n) is 2.20. The third-order valence-electron chi connectivity index (χ3n) is 3.58. The van der Waals surface area contributed by atoms with Crippen molar-refractivity contribution < 1.29 is 13.7 Å². The zero-order valence-corrected chi connectivity index (χ0v) is 12.8. The number of carbonyl (C=O) groups is 1. The SMILES string of the molecule is CCC(CC)C(=O)NCCc1nc(-c2ccccc2F)no1. The topological polar surface area (TPSA) is 68.0 Å². The molecule has 6 heteroatoms. The minimum Gasteiger partial charge on any atom is -0.355 e. The van der Waals surface area contributed by atoms with E-state index in [1.54, 1.807) is 18.2 Å². The van der Waals surface area contributed by atoms with Crippen LogP contribution in [-0.2, 0) is 11.2 Å². The molecule has 2 rings (SSSR count). The maximum Gasteiger partial charge on any atom is 0.228 e. The summed E-state index contributed by atoms with van der Waals surface area (Å²) >= 11 is 0. The van der Waals surface area contributed by atoms with Crippen molar-refractivity contribution in [3.63, 3.8) is 0 Å². The second-order valence-electron chi connectivity index (χ2n) is 5.05. The predicted octanol–water partition coefficient (Wildman–Crippen LogP) is 2.97. The molecule has 0 saturated carbocycles. The van der Waals surface area contributed by atoms with Crippen LogP contribution >= 0.6 is 0 Å². The zero-order valence-electron chi connectivity index (χ0n) is 12.8. The molecule has 22 heavy (non-hydrogen) atoms. The number of hydrogen-bond acceptors (Lipinski definition) is 4. The first-order valence-electron chi connectivity index (χ1n) is 7.50. The van der Waals surface area contributed by atoms with Crippen LogP contribution in [0.3, 0.4) is 0 Å². The molecule has 0 aliphatic heterocycles. The summed E-state index contributed by atoms with van der Waals surface area (Å²) in [7, 11) is 0. The lowest BCUT2D eigenvalue weighted by molar-refractivity contribution is -0.125. The summed E-state index contributed by atoms with van der Waals surface area (Å²) in [6.45, 7) is 4.41. The van der Waals surface area contributed by atoms with Gasteiger partial charge in [0, 0.05) is 18.9 Å². The van der Waals surface area contributed by atoms with Crippen LogP contribution in [0.4, 0.5) is 4.39 Å². The molecule has 1 aromatic heterocycles. The van der Waals surface area contributed by atoms with E-state index in [1.165, 1.54) is 6.07 Å². The highest BCUT2D eigenvalue weighted by Gasteiger charge is 2.15. The molecule has 0 radical (unpaired) electrons. The van der Waals surface area contributed by atoms with Gasteiger partial charge in [0.05, 0.1) is 5.56 Å². The lowest BCUT2D eigenvalue weighted by Crippen LogP contribution is -2.31. The molecule has 2 aromatic rings. The Hall–Kier alpha value is -2.24. The molecule has 0 atom stereocenters. The predicted molar refractivity (Wildman–Crippen MR) is 80.5 cm³/mol. The van der Waals surface area contributed by atoms with Crippen molar-refractivity contribution in [2.75, 3.05) is 6.54 Å². The number of carbonyl (C=O) groups excluding carboxylic acids is 1. The molecule has 0 unspecified atom stereocenters. The summed E-state index contributed by atoms with van der Waals surface area (Å²) in [6, 6.07) is 6.26. The van der Waals surface area contributed by atoms with Gasteiger partial charge >= 0.3 is 0 Å². The number of nitrogens with zero attached hydrogens (tertiary/aromatic N) is 2. The molecule has 0 aliphatic carbocycles. The molecule has 0 fully saturated rings. The van der Waals surface area contributed by atoms with Gasteiger partial charge in [0.15, 0.2) is 0 Å². The Morgan fingerprint density at radius 3 is 2.73 bits per heavy atom. The minimum absolute atomic E-state index is 0.0386. The molecular formula is C16H20FN3O2. The highest BCUT2D eigenvalue weighted by atomic mass is 19.1. The van der Waals surface area contributed by atoms with E-state index in [-0.39, 0.29) is 17.6 Å². The van der Waals surface area contributed by atoms with E-state index < -0.39 is 5.82 Å². The molecule has 0 aliphatic rings. The van der Waals surface area contributed by atoms with Gasteiger partial charge < -0.3 is 9.84 Å². The maximum atomic E-state index is 13.6. The van der Waals surface area contributed by atoms with Gasteiger partial charge in [-0.25, -0.2) is 4.39 Å². The molecule has 0 saturated heterocycles. The summed E-state index contributed by atoms with van der Waals surface area (Å²) in [5.74, 6) is 0.287. The standard InChI is InChI=1S/C16H20FN3O2/c1-3-11(4-2)16(21)18-10-9-14-19-15(20-22-14)12-7-5-6-8-13(12)17/h5-8,11H,3-4,9-10H2,1-2H3,(H,18,21). The Bertz CT molecular complexity index is 623. The van der Waals surface area contributed by atoms with Crippen molar-refractivity contribution in [3.05, 3.63) is 36.0 Å². The van der Waals surface area contributed by atoms with Gasteiger partial charge in [-0.05, 0) is 25.0 Å². The Balaban J connectivity index is 1.91. The summed E-state index contributed by atoms with van der Waals surface area (Å²) in [4.78, 5) is 16.0. The van der Waals surface area contributed by atoms with Gasteiger partial charge in [-0.3, -0.25) is 4.79 Å². The lowest BCUT2D eigenvalue weighted by Gasteiger charge is -2.11. The average molecular weight is 305 g/mol. The average Bonchev–Trinajstić information content (AvgIpc) is 2.97. The Kier molecular flexibility index (Phi) is 5.63. The molecule has 1 N–H and O–H groups in total. The fourth-order valence-corrected chi connectivity index (χ4v) is 2.20. The van der Waals surface area contributed by atoms with E-state index in [1.807, 2.05) is 13.8 Å². The first kappa shape index (κ1) is 16.1. The number of amides is 1. The molecule has 5 nitrogen and oxygen atoms in total. The fraction of sp³-hybridized carbons (Fsp3) is 0.438. The van der Waals surface area contributed by atoms with E-state index in [4.69, 9.17) is 4.52 Å². The van der Waals surface area contributed by atoms with Crippen LogP contribution < -0.4 is 5.32 Å². The first-order chi connectivity index (χ1) is 10.7. The van der Waals surface area contributed by atoms with E-state index in [0.29, 0.717) is 24.4 Å². The molecule has 1 amide bonds. The summed E-state index contributed by atoms with van der Waals surface area (Å²) in [6.07, 6.45) is 2.06. The van der Waals surface area contributed by atoms with Gasteiger partial charge in [0.25, 0.3) is 0 Å². The smallest absolute Gasteiger partial charge is 0.228 e. The number of rotatable bonds is 7. The van der Waals surface area contributed by atoms with Crippen LogP contribution in [0.1, 0.15) is 32.6 Å². The van der Waals surface area contributed by atoms with Crippen LogP contribution in [0.15, 0.2) is 28.8 Å². The van der Waals surface area contributed by atoms with Crippen molar-refractivity contribution in [2.24, 2.45) is 5.92 Å². The zero-order chi connectivity index (χ0) is 15.9. The maximum absolute atomic E-state index is 13.6. The second-order valence-corrected chi connectivity index (χ2v) is 5.05. The van der Waals surface area contributed by atoms with Crippen LogP contribution in [0, 0.1) is 11.7 Å². The molecule has 1 aromatic carbocycles. The quantitative estimate of drug-likeness (QED) is 0.854. The molecule has 0 bridgehead atoms. The van der Waals surface area contributed by atoms with Gasteiger partial charge in [-0.1, -0.05) is 31.1 Å². The highest BCUT2D eigenvalue weighted by Crippen LogP contribution is 2.19. The second kappa shape index (κ2) is 7.68. The molecular weight excluding hydrogens is 285 g/mol. The number of benzene rings is 1.